The molecular formula is C14H17N3O2. The Morgan fingerprint density at radius 1 is 1.47 bits per heavy atom. The standard InChI is InChI=1S/C14H17N3O2/c1-14(7-2-3-8-14)10-16-12-6-4-5-11(9-15)13(12)17(18)19/h4-6,16H,2-3,7-8,10H2,1H3. The zero-order valence-corrected chi connectivity index (χ0v) is 11.0. The molecule has 1 aromatic carbocycles. The van der Waals surface area contributed by atoms with E-state index in [4.69, 9.17) is 5.26 Å². The van der Waals surface area contributed by atoms with Gasteiger partial charge in [0.15, 0.2) is 0 Å². The van der Waals surface area contributed by atoms with E-state index in [9.17, 15) is 10.1 Å². The molecule has 0 bridgehead atoms. The molecule has 19 heavy (non-hydrogen) atoms. The molecule has 1 fully saturated rings. The van der Waals surface area contributed by atoms with Gasteiger partial charge in [-0.2, -0.15) is 5.26 Å². The summed E-state index contributed by atoms with van der Waals surface area (Å²) in [5.41, 5.74) is 0.631. The van der Waals surface area contributed by atoms with Crippen molar-refractivity contribution in [2.24, 2.45) is 5.41 Å². The second-order valence-corrected chi connectivity index (χ2v) is 5.44. The van der Waals surface area contributed by atoms with Crippen molar-refractivity contribution in [3.05, 3.63) is 33.9 Å². The summed E-state index contributed by atoms with van der Waals surface area (Å²) in [4.78, 5) is 10.6. The van der Waals surface area contributed by atoms with Crippen molar-refractivity contribution in [3.63, 3.8) is 0 Å². The van der Waals surface area contributed by atoms with Crippen molar-refractivity contribution >= 4 is 11.4 Å². The number of nitrogens with zero attached hydrogens (tertiary/aromatic N) is 2. The maximum absolute atomic E-state index is 11.1. The predicted molar refractivity (Wildman–Crippen MR) is 72.9 cm³/mol. The third-order valence-corrected chi connectivity index (χ3v) is 3.86. The van der Waals surface area contributed by atoms with Crippen molar-refractivity contribution in [1.82, 2.24) is 0 Å². The average molecular weight is 259 g/mol. The van der Waals surface area contributed by atoms with Crippen LogP contribution in [0, 0.1) is 26.9 Å². The van der Waals surface area contributed by atoms with Crippen molar-refractivity contribution < 1.29 is 4.92 Å². The first-order valence-corrected chi connectivity index (χ1v) is 6.47. The highest BCUT2D eigenvalue weighted by Crippen LogP contribution is 2.38. The molecular weight excluding hydrogens is 242 g/mol. The van der Waals surface area contributed by atoms with Gasteiger partial charge in [-0.3, -0.25) is 10.1 Å². The van der Waals surface area contributed by atoms with Crippen molar-refractivity contribution in [2.45, 2.75) is 32.6 Å². The van der Waals surface area contributed by atoms with Gasteiger partial charge in [0.25, 0.3) is 0 Å². The van der Waals surface area contributed by atoms with E-state index >= 15 is 0 Å². The molecule has 0 aliphatic heterocycles. The lowest BCUT2D eigenvalue weighted by atomic mass is 9.89. The summed E-state index contributed by atoms with van der Waals surface area (Å²) in [5.74, 6) is 0. The average Bonchev–Trinajstić information content (AvgIpc) is 2.83. The molecule has 0 saturated heterocycles. The van der Waals surface area contributed by atoms with E-state index < -0.39 is 4.92 Å². The second kappa shape index (κ2) is 5.27. The first-order chi connectivity index (χ1) is 9.06. The molecule has 0 amide bonds. The summed E-state index contributed by atoms with van der Waals surface area (Å²) in [6.07, 6.45) is 4.73. The molecule has 1 aliphatic carbocycles. The van der Waals surface area contributed by atoms with Gasteiger partial charge in [-0.05, 0) is 30.4 Å². The SMILES string of the molecule is CC1(CNc2cccc(C#N)c2[N+](=O)[O-])CCCC1. The van der Waals surface area contributed by atoms with Gasteiger partial charge in [0.2, 0.25) is 0 Å². The van der Waals surface area contributed by atoms with E-state index in [0.29, 0.717) is 12.2 Å². The van der Waals surface area contributed by atoms with E-state index in [1.165, 1.54) is 18.9 Å². The van der Waals surface area contributed by atoms with Gasteiger partial charge in [0, 0.05) is 6.54 Å². The van der Waals surface area contributed by atoms with Gasteiger partial charge in [-0.1, -0.05) is 25.8 Å². The number of hydrogen-bond donors (Lipinski definition) is 1. The normalized spacial score (nSPS) is 16.8. The lowest BCUT2D eigenvalue weighted by Gasteiger charge is -2.24. The molecule has 5 heteroatoms. The van der Waals surface area contributed by atoms with E-state index in [-0.39, 0.29) is 16.7 Å². The zero-order chi connectivity index (χ0) is 13.9. The van der Waals surface area contributed by atoms with E-state index in [0.717, 1.165) is 12.8 Å². The molecule has 1 aliphatic rings. The molecule has 0 unspecified atom stereocenters. The van der Waals surface area contributed by atoms with Crippen LogP contribution in [-0.4, -0.2) is 11.5 Å². The number of hydrogen-bond acceptors (Lipinski definition) is 4. The summed E-state index contributed by atoms with van der Waals surface area (Å²) in [6, 6.07) is 6.68. The molecule has 0 atom stereocenters. The number of rotatable bonds is 4. The Morgan fingerprint density at radius 3 is 2.74 bits per heavy atom. The fourth-order valence-corrected chi connectivity index (χ4v) is 2.69. The first-order valence-electron chi connectivity index (χ1n) is 6.47. The monoisotopic (exact) mass is 259 g/mol. The fourth-order valence-electron chi connectivity index (χ4n) is 2.69. The van der Waals surface area contributed by atoms with E-state index in [1.807, 2.05) is 6.07 Å². The van der Waals surface area contributed by atoms with Crippen LogP contribution in [-0.2, 0) is 0 Å². The van der Waals surface area contributed by atoms with Crippen molar-refractivity contribution in [3.8, 4) is 6.07 Å². The molecule has 1 N–H and O–H groups in total. The molecule has 5 nitrogen and oxygen atoms in total. The van der Waals surface area contributed by atoms with Crippen LogP contribution in [0.5, 0.6) is 0 Å². The summed E-state index contributed by atoms with van der Waals surface area (Å²) in [7, 11) is 0. The Kier molecular flexibility index (Phi) is 3.70. The minimum absolute atomic E-state index is 0.103. The number of nitro groups is 1. The van der Waals surface area contributed by atoms with Crippen LogP contribution >= 0.6 is 0 Å². The highest BCUT2D eigenvalue weighted by atomic mass is 16.6. The van der Waals surface area contributed by atoms with Gasteiger partial charge < -0.3 is 5.32 Å². The summed E-state index contributed by atoms with van der Waals surface area (Å²) in [5, 5.41) is 23.2. The zero-order valence-electron chi connectivity index (χ0n) is 11.0. The Balaban J connectivity index is 2.21. The third-order valence-electron chi connectivity index (χ3n) is 3.86. The lowest BCUT2D eigenvalue weighted by Crippen LogP contribution is -2.23. The number of benzene rings is 1. The van der Waals surface area contributed by atoms with Crippen molar-refractivity contribution in [2.75, 3.05) is 11.9 Å². The fraction of sp³-hybridized carbons (Fsp3) is 0.500. The second-order valence-electron chi connectivity index (χ2n) is 5.44. The van der Waals surface area contributed by atoms with Gasteiger partial charge in [-0.15, -0.1) is 0 Å². The minimum Gasteiger partial charge on any atom is -0.379 e. The van der Waals surface area contributed by atoms with Crippen LogP contribution in [0.15, 0.2) is 18.2 Å². The van der Waals surface area contributed by atoms with Gasteiger partial charge in [0.1, 0.15) is 17.3 Å². The number of anilines is 1. The Morgan fingerprint density at radius 2 is 2.16 bits per heavy atom. The summed E-state index contributed by atoms with van der Waals surface area (Å²) >= 11 is 0. The number of nitrogens with one attached hydrogen (secondary N) is 1. The highest BCUT2D eigenvalue weighted by molar-refractivity contribution is 5.68. The quantitative estimate of drug-likeness (QED) is 0.663. The van der Waals surface area contributed by atoms with Crippen LogP contribution < -0.4 is 5.32 Å². The van der Waals surface area contributed by atoms with Crippen molar-refractivity contribution in [1.29, 1.82) is 5.26 Å². The summed E-state index contributed by atoms with van der Waals surface area (Å²) in [6.45, 7) is 2.91. The van der Waals surface area contributed by atoms with Crippen LogP contribution in [0.3, 0.4) is 0 Å². The maximum Gasteiger partial charge on any atom is 0.309 e. The van der Waals surface area contributed by atoms with Crippen LogP contribution in [0.2, 0.25) is 0 Å². The molecule has 0 spiro atoms. The first kappa shape index (κ1) is 13.3. The number of nitriles is 1. The summed E-state index contributed by atoms with van der Waals surface area (Å²) < 4.78 is 0. The maximum atomic E-state index is 11.1. The lowest BCUT2D eigenvalue weighted by molar-refractivity contribution is -0.384. The minimum atomic E-state index is -0.488. The Bertz CT molecular complexity index is 528. The van der Waals surface area contributed by atoms with Crippen LogP contribution in [0.4, 0.5) is 11.4 Å². The third kappa shape index (κ3) is 2.84. The van der Waals surface area contributed by atoms with Gasteiger partial charge >= 0.3 is 5.69 Å². The molecule has 1 aromatic rings. The molecule has 0 aromatic heterocycles. The number of nitro benzene ring substituents is 1. The predicted octanol–water partition coefficient (Wildman–Crippen LogP) is 3.46. The highest BCUT2D eigenvalue weighted by Gasteiger charge is 2.29. The van der Waals surface area contributed by atoms with E-state index in [2.05, 4.69) is 12.2 Å². The largest absolute Gasteiger partial charge is 0.379 e. The molecule has 0 heterocycles. The molecule has 100 valence electrons. The van der Waals surface area contributed by atoms with Crippen LogP contribution in [0.1, 0.15) is 38.2 Å². The van der Waals surface area contributed by atoms with Crippen LogP contribution in [0.25, 0.3) is 0 Å². The molecule has 1 saturated carbocycles. The van der Waals surface area contributed by atoms with Gasteiger partial charge in [-0.25, -0.2) is 0 Å². The Hall–Kier alpha value is -2.09. The molecule has 2 rings (SSSR count). The topological polar surface area (TPSA) is 79.0 Å². The number of para-hydroxylation sites is 1. The Labute approximate surface area is 112 Å². The van der Waals surface area contributed by atoms with E-state index in [1.54, 1.807) is 12.1 Å². The van der Waals surface area contributed by atoms with Gasteiger partial charge in [0.05, 0.1) is 4.92 Å². The molecule has 0 radical (unpaired) electrons. The smallest absolute Gasteiger partial charge is 0.309 e.